The van der Waals surface area contributed by atoms with E-state index >= 15 is 0 Å². The van der Waals surface area contributed by atoms with Gasteiger partial charge in [0, 0.05) is 47.9 Å². The predicted octanol–water partition coefficient (Wildman–Crippen LogP) is 4.99. The summed E-state index contributed by atoms with van der Waals surface area (Å²) in [5.41, 5.74) is 4.44. The van der Waals surface area contributed by atoms with Crippen LogP contribution in [0.25, 0.3) is 33.2 Å². The zero-order valence-electron chi connectivity index (χ0n) is 19.8. The molecule has 5 aromatic rings. The summed E-state index contributed by atoms with van der Waals surface area (Å²) in [5.74, 6) is 2.44. The van der Waals surface area contributed by atoms with E-state index in [0.717, 1.165) is 38.7 Å². The van der Waals surface area contributed by atoms with E-state index in [1.54, 1.807) is 20.4 Å². The summed E-state index contributed by atoms with van der Waals surface area (Å²) < 4.78 is 16.6. The standard InChI is InChI=1S/C26H26N6O3/c1-27-18-6-4-5-16(11-18)25-30-22-14-24(35-10-9-33-2)23(34-3)13-20(22)26(31-25)29-19-7-8-21-17(12-19)15-28-32-21/h4-8,11-15,27H,9-10H2,1-3H3,(H,28,32)(H,29,30,31). The summed E-state index contributed by atoms with van der Waals surface area (Å²) in [5, 5.41) is 15.5. The summed E-state index contributed by atoms with van der Waals surface area (Å²) >= 11 is 0. The van der Waals surface area contributed by atoms with Crippen LogP contribution < -0.4 is 20.1 Å². The third-order valence-electron chi connectivity index (χ3n) is 5.64. The zero-order valence-corrected chi connectivity index (χ0v) is 19.8. The quantitative estimate of drug-likeness (QED) is 0.259. The molecule has 0 aliphatic heterocycles. The van der Waals surface area contributed by atoms with Crippen LogP contribution in [0.2, 0.25) is 0 Å². The molecule has 3 aromatic carbocycles. The van der Waals surface area contributed by atoms with Crippen molar-refractivity contribution in [2.45, 2.75) is 0 Å². The van der Waals surface area contributed by atoms with Crippen molar-refractivity contribution >= 4 is 39.0 Å². The van der Waals surface area contributed by atoms with Crippen molar-refractivity contribution in [2.24, 2.45) is 0 Å². The second-order valence-electron chi connectivity index (χ2n) is 7.89. The Kier molecular flexibility index (Phi) is 6.32. The number of nitrogens with zero attached hydrogens (tertiary/aromatic N) is 3. The van der Waals surface area contributed by atoms with E-state index in [-0.39, 0.29) is 0 Å². The predicted molar refractivity (Wildman–Crippen MR) is 138 cm³/mol. The van der Waals surface area contributed by atoms with Gasteiger partial charge in [0.05, 0.1) is 30.9 Å². The minimum atomic E-state index is 0.399. The van der Waals surface area contributed by atoms with E-state index in [0.29, 0.717) is 36.4 Å². The molecule has 2 heterocycles. The van der Waals surface area contributed by atoms with Crippen LogP contribution in [0.3, 0.4) is 0 Å². The molecule has 2 aromatic heterocycles. The highest BCUT2D eigenvalue weighted by Gasteiger charge is 2.16. The van der Waals surface area contributed by atoms with Crippen LogP contribution in [0, 0.1) is 0 Å². The highest BCUT2D eigenvalue weighted by Crippen LogP contribution is 2.36. The van der Waals surface area contributed by atoms with Crippen molar-refractivity contribution in [3.05, 3.63) is 60.8 Å². The van der Waals surface area contributed by atoms with E-state index in [9.17, 15) is 0 Å². The normalized spacial score (nSPS) is 11.1. The molecule has 0 aliphatic rings. The minimum absolute atomic E-state index is 0.399. The second kappa shape index (κ2) is 9.86. The minimum Gasteiger partial charge on any atom is -0.493 e. The summed E-state index contributed by atoms with van der Waals surface area (Å²) in [6.45, 7) is 0.868. The van der Waals surface area contributed by atoms with E-state index in [4.69, 9.17) is 24.2 Å². The van der Waals surface area contributed by atoms with Gasteiger partial charge in [-0.05, 0) is 36.4 Å². The first-order valence-corrected chi connectivity index (χ1v) is 11.2. The molecule has 0 spiro atoms. The molecule has 9 heteroatoms. The molecule has 0 fully saturated rings. The molecule has 0 amide bonds. The van der Waals surface area contributed by atoms with Gasteiger partial charge in [0.2, 0.25) is 0 Å². The maximum Gasteiger partial charge on any atom is 0.163 e. The lowest BCUT2D eigenvalue weighted by Crippen LogP contribution is -2.06. The smallest absolute Gasteiger partial charge is 0.163 e. The Hall–Kier alpha value is -4.37. The summed E-state index contributed by atoms with van der Waals surface area (Å²) in [4.78, 5) is 9.77. The van der Waals surface area contributed by atoms with Gasteiger partial charge in [0.25, 0.3) is 0 Å². The number of ether oxygens (including phenoxy) is 3. The van der Waals surface area contributed by atoms with E-state index in [1.165, 1.54) is 0 Å². The number of fused-ring (bicyclic) bond motifs is 2. The van der Waals surface area contributed by atoms with Crippen LogP contribution in [0.15, 0.2) is 60.8 Å². The molecule has 35 heavy (non-hydrogen) atoms. The van der Waals surface area contributed by atoms with Crippen molar-refractivity contribution in [2.75, 3.05) is 45.1 Å². The van der Waals surface area contributed by atoms with Gasteiger partial charge in [-0.25, -0.2) is 9.97 Å². The maximum absolute atomic E-state index is 5.90. The fourth-order valence-electron chi connectivity index (χ4n) is 3.84. The average Bonchev–Trinajstić information content (AvgIpc) is 3.36. The number of hydrogen-bond acceptors (Lipinski definition) is 8. The number of benzene rings is 3. The third-order valence-corrected chi connectivity index (χ3v) is 5.64. The van der Waals surface area contributed by atoms with Crippen LogP contribution in [0.4, 0.5) is 17.2 Å². The van der Waals surface area contributed by atoms with Crippen molar-refractivity contribution in [3.8, 4) is 22.9 Å². The number of H-pyrrole nitrogens is 1. The first kappa shape index (κ1) is 22.4. The van der Waals surface area contributed by atoms with Crippen molar-refractivity contribution in [1.29, 1.82) is 0 Å². The number of aromatic amines is 1. The number of anilines is 3. The Morgan fingerprint density at radius 2 is 1.83 bits per heavy atom. The lowest BCUT2D eigenvalue weighted by molar-refractivity contribution is 0.144. The molecule has 0 atom stereocenters. The van der Waals surface area contributed by atoms with Gasteiger partial charge in [0.1, 0.15) is 12.4 Å². The number of hydrogen-bond donors (Lipinski definition) is 3. The Morgan fingerprint density at radius 3 is 2.66 bits per heavy atom. The van der Waals surface area contributed by atoms with Gasteiger partial charge in [0.15, 0.2) is 17.3 Å². The molecule has 0 bridgehead atoms. The second-order valence-corrected chi connectivity index (χ2v) is 7.89. The molecular weight excluding hydrogens is 444 g/mol. The molecular formula is C26H26N6O3. The van der Waals surface area contributed by atoms with Crippen molar-refractivity contribution in [1.82, 2.24) is 20.2 Å². The van der Waals surface area contributed by atoms with Gasteiger partial charge >= 0.3 is 0 Å². The monoisotopic (exact) mass is 470 g/mol. The van der Waals surface area contributed by atoms with E-state index < -0.39 is 0 Å². The fraction of sp³-hybridized carbons (Fsp3) is 0.192. The molecule has 0 saturated heterocycles. The Morgan fingerprint density at radius 1 is 0.914 bits per heavy atom. The van der Waals surface area contributed by atoms with Gasteiger partial charge in [-0.3, -0.25) is 5.10 Å². The summed E-state index contributed by atoms with van der Waals surface area (Å²) in [7, 11) is 5.14. The maximum atomic E-state index is 5.90. The number of nitrogens with one attached hydrogen (secondary N) is 3. The first-order chi connectivity index (χ1) is 17.2. The van der Waals surface area contributed by atoms with E-state index in [2.05, 4.69) is 20.8 Å². The van der Waals surface area contributed by atoms with Crippen LogP contribution in [-0.4, -0.2) is 54.6 Å². The highest BCUT2D eigenvalue weighted by molar-refractivity contribution is 5.95. The first-order valence-electron chi connectivity index (χ1n) is 11.2. The van der Waals surface area contributed by atoms with Crippen LogP contribution in [0.1, 0.15) is 0 Å². The Bertz CT molecular complexity index is 1480. The van der Waals surface area contributed by atoms with Crippen LogP contribution in [-0.2, 0) is 4.74 Å². The molecule has 9 nitrogen and oxygen atoms in total. The topological polar surface area (TPSA) is 106 Å². The average molecular weight is 471 g/mol. The van der Waals surface area contributed by atoms with Gasteiger partial charge in [-0.15, -0.1) is 0 Å². The fourth-order valence-corrected chi connectivity index (χ4v) is 3.84. The van der Waals surface area contributed by atoms with Crippen molar-refractivity contribution in [3.63, 3.8) is 0 Å². The lowest BCUT2D eigenvalue weighted by atomic mass is 10.1. The van der Waals surface area contributed by atoms with Gasteiger partial charge in [-0.1, -0.05) is 12.1 Å². The zero-order chi connectivity index (χ0) is 24.2. The van der Waals surface area contributed by atoms with E-state index in [1.807, 2.05) is 61.6 Å². The van der Waals surface area contributed by atoms with Crippen LogP contribution in [0.5, 0.6) is 11.5 Å². The van der Waals surface area contributed by atoms with Crippen molar-refractivity contribution < 1.29 is 14.2 Å². The summed E-state index contributed by atoms with van der Waals surface area (Å²) in [6, 6.07) is 17.7. The number of methoxy groups -OCH3 is 2. The van der Waals surface area contributed by atoms with Gasteiger partial charge < -0.3 is 24.8 Å². The van der Waals surface area contributed by atoms with Crippen LogP contribution >= 0.6 is 0 Å². The molecule has 0 unspecified atom stereocenters. The Labute approximate surface area is 202 Å². The Balaban J connectivity index is 1.65. The molecule has 3 N–H and O–H groups in total. The summed E-state index contributed by atoms with van der Waals surface area (Å²) in [6.07, 6.45) is 1.79. The molecule has 0 radical (unpaired) electrons. The number of rotatable bonds is 9. The SMILES string of the molecule is CNc1cccc(-c2nc(Nc3ccc4[nH]ncc4c3)c3cc(OC)c(OCCOC)cc3n2)c1. The lowest BCUT2D eigenvalue weighted by Gasteiger charge is -2.15. The molecule has 0 aliphatic carbocycles. The molecule has 0 saturated carbocycles. The molecule has 178 valence electrons. The van der Waals surface area contributed by atoms with Gasteiger partial charge in [-0.2, -0.15) is 5.10 Å². The third kappa shape index (κ3) is 4.67. The number of aromatic nitrogens is 4. The molecule has 5 rings (SSSR count). The largest absolute Gasteiger partial charge is 0.493 e. The highest BCUT2D eigenvalue weighted by atomic mass is 16.5.